The van der Waals surface area contributed by atoms with Gasteiger partial charge < -0.3 is 14.4 Å². The fourth-order valence-corrected chi connectivity index (χ4v) is 3.81. The molecule has 5 nitrogen and oxygen atoms in total. The zero-order valence-electron chi connectivity index (χ0n) is 18.3. The Morgan fingerprint density at radius 1 is 1.07 bits per heavy atom. The van der Waals surface area contributed by atoms with Crippen molar-refractivity contribution in [3.05, 3.63) is 54.1 Å². The molecule has 3 rings (SSSR count). The molecule has 0 bridgehead atoms. The van der Waals surface area contributed by atoms with Crippen LogP contribution in [-0.2, 0) is 14.3 Å². The van der Waals surface area contributed by atoms with E-state index in [9.17, 15) is 9.59 Å². The smallest absolute Gasteiger partial charge is 0.410 e. The maximum Gasteiger partial charge on any atom is 0.410 e. The zero-order valence-corrected chi connectivity index (χ0v) is 18.3. The number of carbonyl (C=O) groups is 2. The summed E-state index contributed by atoms with van der Waals surface area (Å²) in [7, 11) is 1.40. The first kappa shape index (κ1) is 21.9. The van der Waals surface area contributed by atoms with E-state index < -0.39 is 5.60 Å². The van der Waals surface area contributed by atoms with Crippen molar-refractivity contribution in [2.24, 2.45) is 5.92 Å². The van der Waals surface area contributed by atoms with Crippen molar-refractivity contribution >= 4 is 28.4 Å². The molecule has 2 aromatic rings. The highest BCUT2D eigenvalue weighted by Gasteiger charge is 2.27. The molecule has 1 heterocycles. The van der Waals surface area contributed by atoms with Gasteiger partial charge in [0.25, 0.3) is 0 Å². The molecule has 5 heteroatoms. The van der Waals surface area contributed by atoms with Crippen LogP contribution in [-0.4, -0.2) is 42.8 Å². The highest BCUT2D eigenvalue weighted by molar-refractivity contribution is 5.93. The van der Waals surface area contributed by atoms with Gasteiger partial charge in [-0.2, -0.15) is 0 Å². The van der Waals surface area contributed by atoms with Gasteiger partial charge >= 0.3 is 12.1 Å². The number of esters is 1. The summed E-state index contributed by atoms with van der Waals surface area (Å²) in [6, 6.07) is 14.5. The van der Waals surface area contributed by atoms with Crippen molar-refractivity contribution in [1.29, 1.82) is 0 Å². The van der Waals surface area contributed by atoms with Crippen LogP contribution in [0.5, 0.6) is 0 Å². The largest absolute Gasteiger partial charge is 0.466 e. The van der Waals surface area contributed by atoms with E-state index in [1.54, 1.807) is 11.0 Å². The molecule has 0 atom stereocenters. The lowest BCUT2D eigenvalue weighted by Crippen LogP contribution is -2.41. The minimum atomic E-state index is -0.486. The normalized spacial score (nSPS) is 15.9. The number of allylic oxidation sites excluding steroid dienone is 1. The first-order valence-electron chi connectivity index (χ1n) is 10.5. The molecule has 0 unspecified atom stereocenters. The van der Waals surface area contributed by atoms with Crippen molar-refractivity contribution in [3.63, 3.8) is 0 Å². The molecule has 0 saturated carbocycles. The molecule has 1 saturated heterocycles. The number of benzene rings is 2. The first-order chi connectivity index (χ1) is 14.2. The third-order valence-corrected chi connectivity index (χ3v) is 5.39. The molecule has 0 radical (unpaired) electrons. The molecule has 0 aromatic heterocycles. The van der Waals surface area contributed by atoms with Gasteiger partial charge in [0, 0.05) is 19.2 Å². The highest BCUT2D eigenvalue weighted by Crippen LogP contribution is 2.31. The number of carbonyl (C=O) groups excluding carboxylic acids is 2. The fourth-order valence-electron chi connectivity index (χ4n) is 3.81. The summed E-state index contributed by atoms with van der Waals surface area (Å²) in [5, 5.41) is 2.31. The number of ether oxygens (including phenoxy) is 2. The van der Waals surface area contributed by atoms with Crippen LogP contribution in [0.2, 0.25) is 0 Å². The summed E-state index contributed by atoms with van der Waals surface area (Å²) >= 11 is 0. The van der Waals surface area contributed by atoms with Gasteiger partial charge in [0.15, 0.2) is 0 Å². The number of fused-ring (bicyclic) bond motifs is 1. The van der Waals surface area contributed by atoms with Crippen LogP contribution < -0.4 is 0 Å². The summed E-state index contributed by atoms with van der Waals surface area (Å²) in [5.41, 5.74) is 1.53. The first-order valence-corrected chi connectivity index (χ1v) is 10.5. The monoisotopic (exact) mass is 409 g/mol. The molecule has 0 aliphatic carbocycles. The minimum absolute atomic E-state index is 0.249. The van der Waals surface area contributed by atoms with Crippen LogP contribution in [0.4, 0.5) is 4.79 Å². The van der Waals surface area contributed by atoms with Crippen LogP contribution in [0.1, 0.15) is 45.6 Å². The zero-order chi connectivity index (χ0) is 21.7. The molecule has 160 valence electrons. The van der Waals surface area contributed by atoms with Gasteiger partial charge in [0.05, 0.1) is 7.11 Å². The summed E-state index contributed by atoms with van der Waals surface area (Å²) in [6.45, 7) is 6.98. The summed E-state index contributed by atoms with van der Waals surface area (Å²) in [4.78, 5) is 26.1. The van der Waals surface area contributed by atoms with E-state index in [-0.39, 0.29) is 12.1 Å². The molecular formula is C25H31NO4. The van der Waals surface area contributed by atoms with E-state index in [1.807, 2.05) is 32.9 Å². The Morgan fingerprint density at radius 2 is 1.73 bits per heavy atom. The van der Waals surface area contributed by atoms with E-state index >= 15 is 0 Å². The predicted molar refractivity (Wildman–Crippen MR) is 119 cm³/mol. The summed E-state index contributed by atoms with van der Waals surface area (Å²) in [5.74, 6) is 0.0513. The van der Waals surface area contributed by atoms with Gasteiger partial charge in [-0.25, -0.2) is 9.59 Å². The Hall–Kier alpha value is -2.82. The lowest BCUT2D eigenvalue weighted by atomic mass is 9.87. The molecular weight excluding hydrogens is 378 g/mol. The summed E-state index contributed by atoms with van der Waals surface area (Å²) < 4.78 is 10.4. The number of nitrogens with zero attached hydrogens (tertiary/aromatic N) is 1. The highest BCUT2D eigenvalue weighted by atomic mass is 16.6. The molecule has 2 aromatic carbocycles. The Labute approximate surface area is 178 Å². The average molecular weight is 410 g/mol. The molecule has 1 aliphatic rings. The Kier molecular flexibility index (Phi) is 6.80. The molecule has 1 aliphatic heterocycles. The molecule has 1 amide bonds. The van der Waals surface area contributed by atoms with Gasteiger partial charge in [-0.3, -0.25) is 0 Å². The van der Waals surface area contributed by atoms with E-state index in [0.29, 0.717) is 19.0 Å². The van der Waals surface area contributed by atoms with Gasteiger partial charge in [0.1, 0.15) is 5.60 Å². The number of rotatable bonds is 4. The second-order valence-corrected chi connectivity index (χ2v) is 8.87. The predicted octanol–water partition coefficient (Wildman–Crippen LogP) is 5.43. The Bertz CT molecular complexity index is 934. The quantitative estimate of drug-likeness (QED) is 0.499. The van der Waals surface area contributed by atoms with Crippen molar-refractivity contribution < 1.29 is 19.1 Å². The topological polar surface area (TPSA) is 55.8 Å². The molecule has 0 N–H and O–H groups in total. The van der Waals surface area contributed by atoms with E-state index in [1.165, 1.54) is 12.5 Å². The standard InChI is InChI=1S/C25H31NO4/c1-25(2,3)30-24(28)26-13-11-18(12-14-26)15-22(17-23(27)29-4)21-10-9-19-7-5-6-8-20(19)16-21/h5-10,16-18H,11-15H2,1-4H3/b22-17-. The van der Waals surface area contributed by atoms with Crippen LogP contribution >= 0.6 is 0 Å². The molecule has 1 fully saturated rings. The second kappa shape index (κ2) is 9.33. The molecule has 0 spiro atoms. The fraction of sp³-hybridized carbons (Fsp3) is 0.440. The maximum atomic E-state index is 12.3. The number of hydrogen-bond donors (Lipinski definition) is 0. The summed E-state index contributed by atoms with van der Waals surface area (Å²) in [6.07, 6.45) is 3.89. The number of likely N-dealkylation sites (tertiary alicyclic amines) is 1. The number of amides is 1. The SMILES string of the molecule is COC(=O)/C=C(/CC1CCN(C(=O)OC(C)(C)C)CC1)c1ccc2ccccc2c1. The van der Waals surface area contributed by atoms with Crippen LogP contribution in [0.25, 0.3) is 16.3 Å². The number of hydrogen-bond acceptors (Lipinski definition) is 4. The van der Waals surface area contributed by atoms with E-state index in [0.717, 1.165) is 35.8 Å². The molecule has 30 heavy (non-hydrogen) atoms. The van der Waals surface area contributed by atoms with Crippen molar-refractivity contribution in [2.45, 2.75) is 45.6 Å². The second-order valence-electron chi connectivity index (χ2n) is 8.87. The van der Waals surface area contributed by atoms with Crippen LogP contribution in [0.3, 0.4) is 0 Å². The van der Waals surface area contributed by atoms with Gasteiger partial charge in [-0.15, -0.1) is 0 Å². The Morgan fingerprint density at radius 3 is 2.37 bits per heavy atom. The minimum Gasteiger partial charge on any atom is -0.466 e. The van der Waals surface area contributed by atoms with Crippen molar-refractivity contribution in [1.82, 2.24) is 4.90 Å². The lowest BCUT2D eigenvalue weighted by Gasteiger charge is -2.33. The lowest BCUT2D eigenvalue weighted by molar-refractivity contribution is -0.134. The van der Waals surface area contributed by atoms with E-state index in [2.05, 4.69) is 30.3 Å². The number of methoxy groups -OCH3 is 1. The van der Waals surface area contributed by atoms with Crippen molar-refractivity contribution in [3.8, 4) is 0 Å². The maximum absolute atomic E-state index is 12.3. The van der Waals surface area contributed by atoms with Gasteiger partial charge in [-0.05, 0) is 73.9 Å². The van der Waals surface area contributed by atoms with Crippen molar-refractivity contribution in [2.75, 3.05) is 20.2 Å². The van der Waals surface area contributed by atoms with Crippen LogP contribution in [0, 0.1) is 5.92 Å². The van der Waals surface area contributed by atoms with Gasteiger partial charge in [-0.1, -0.05) is 36.4 Å². The average Bonchev–Trinajstić information content (AvgIpc) is 2.72. The Balaban J connectivity index is 1.71. The third-order valence-electron chi connectivity index (χ3n) is 5.39. The van der Waals surface area contributed by atoms with Gasteiger partial charge in [0.2, 0.25) is 0 Å². The van der Waals surface area contributed by atoms with E-state index in [4.69, 9.17) is 9.47 Å². The van der Waals surface area contributed by atoms with Crippen LogP contribution in [0.15, 0.2) is 48.5 Å². The third kappa shape index (κ3) is 5.85. The number of piperidine rings is 1.